The molecular formula is C5H7N3O2. The predicted octanol–water partition coefficient (Wildman–Crippen LogP) is -1.16. The predicted molar refractivity (Wildman–Crippen MR) is 35.2 cm³/mol. The molecule has 0 aliphatic rings. The minimum absolute atomic E-state index is 0.220. The fourth-order valence-electron chi connectivity index (χ4n) is 0.497. The lowest BCUT2D eigenvalue weighted by atomic mass is 10.4. The molecule has 0 spiro atoms. The van der Waals surface area contributed by atoms with E-state index in [1.54, 1.807) is 0 Å². The maximum absolute atomic E-state index is 10.5. The van der Waals surface area contributed by atoms with Crippen molar-refractivity contribution in [2.24, 2.45) is 0 Å². The number of hydrogen-bond acceptors (Lipinski definition) is 4. The highest BCUT2D eigenvalue weighted by Crippen LogP contribution is 2.00. The third-order valence-corrected chi connectivity index (χ3v) is 0.963. The molecule has 0 saturated heterocycles. The molecule has 54 valence electrons. The zero-order valence-electron chi connectivity index (χ0n) is 6.96. The van der Waals surface area contributed by atoms with Crippen LogP contribution in [-0.2, 0) is 6.56 Å². The van der Waals surface area contributed by atoms with Crippen LogP contribution >= 0.6 is 0 Å². The number of nitrogen functional groups attached to an aromatic ring is 1. The van der Waals surface area contributed by atoms with Crippen molar-refractivity contribution in [2.45, 2.75) is 6.56 Å². The van der Waals surface area contributed by atoms with Gasteiger partial charge in [0.25, 0.3) is 0 Å². The number of nitrogens with two attached hydrogens (primary N) is 1. The van der Waals surface area contributed by atoms with Gasteiger partial charge in [0.1, 0.15) is 5.82 Å². The van der Waals surface area contributed by atoms with E-state index in [-0.39, 0.29) is 11.4 Å². The van der Waals surface area contributed by atoms with Crippen LogP contribution in [0.25, 0.3) is 0 Å². The summed E-state index contributed by atoms with van der Waals surface area (Å²) in [6.45, 7) is -2.58. The standard InChI is InChI=1S/C5H7N3O2/c6-4-3(2-9)1-7-5(10)8-4/h1,9H,2H2,(H3,6,7,8,10)/i2+1D2. The van der Waals surface area contributed by atoms with Gasteiger partial charge in [-0.1, -0.05) is 0 Å². The molecule has 4 N–H and O–H groups in total. The van der Waals surface area contributed by atoms with Crippen molar-refractivity contribution in [1.82, 2.24) is 9.97 Å². The molecule has 0 atom stereocenters. The number of nitrogens with zero attached hydrogens (tertiary/aromatic N) is 1. The molecule has 0 unspecified atom stereocenters. The van der Waals surface area contributed by atoms with Crippen LogP contribution in [0.4, 0.5) is 5.82 Å². The summed E-state index contributed by atoms with van der Waals surface area (Å²) in [7, 11) is 0. The maximum atomic E-state index is 10.5. The van der Waals surface area contributed by atoms with Crippen molar-refractivity contribution in [3.63, 3.8) is 0 Å². The third kappa shape index (κ3) is 1.14. The van der Waals surface area contributed by atoms with E-state index in [0.717, 1.165) is 6.20 Å². The Morgan fingerprint density at radius 3 is 3.20 bits per heavy atom. The summed E-state index contributed by atoms with van der Waals surface area (Å²) in [5.74, 6) is -0.220. The first-order chi connectivity index (χ1) is 5.41. The fraction of sp³-hybridized carbons (Fsp3) is 0.200. The van der Waals surface area contributed by atoms with E-state index in [2.05, 4.69) is 9.97 Å². The molecular weight excluding hydrogens is 135 g/mol. The van der Waals surface area contributed by atoms with Crippen LogP contribution in [0.2, 0.25) is 0 Å². The van der Waals surface area contributed by atoms with Gasteiger partial charge >= 0.3 is 5.69 Å². The van der Waals surface area contributed by atoms with Gasteiger partial charge in [0.15, 0.2) is 0 Å². The Morgan fingerprint density at radius 1 is 2.00 bits per heavy atom. The topological polar surface area (TPSA) is 92.0 Å². The van der Waals surface area contributed by atoms with E-state index < -0.39 is 12.2 Å². The lowest BCUT2D eigenvalue weighted by Gasteiger charge is -1.97. The van der Waals surface area contributed by atoms with Gasteiger partial charge in [0.2, 0.25) is 0 Å². The Kier molecular flexibility index (Phi) is 1.11. The SMILES string of the molecule is [2H][13C]([2H])(O)c1cnc(=O)[nH]c1N. The molecule has 0 radical (unpaired) electrons. The molecule has 0 aromatic carbocycles. The van der Waals surface area contributed by atoms with Crippen LogP contribution in [0.1, 0.15) is 8.30 Å². The summed E-state index contributed by atoms with van der Waals surface area (Å²) in [6.07, 6.45) is 0.897. The molecule has 5 nitrogen and oxygen atoms in total. The van der Waals surface area contributed by atoms with Crippen LogP contribution in [0, 0.1) is 0 Å². The number of H-pyrrole nitrogens is 1. The largest absolute Gasteiger partial charge is 0.391 e. The Bertz CT molecular complexity index is 343. The van der Waals surface area contributed by atoms with Crippen LogP contribution in [-0.4, -0.2) is 15.1 Å². The van der Waals surface area contributed by atoms with Gasteiger partial charge in [-0.05, 0) is 0 Å². The summed E-state index contributed by atoms with van der Waals surface area (Å²) in [4.78, 5) is 15.8. The molecule has 0 bridgehead atoms. The summed E-state index contributed by atoms with van der Waals surface area (Å²) in [5.41, 5.74) is 4.28. The number of anilines is 1. The Morgan fingerprint density at radius 2 is 2.70 bits per heavy atom. The molecule has 5 heteroatoms. The highest BCUT2D eigenvalue weighted by Gasteiger charge is 1.96. The molecule has 1 heterocycles. The second kappa shape index (κ2) is 2.49. The number of rotatable bonds is 1. The molecule has 0 amide bonds. The smallest absolute Gasteiger partial charge is 0.346 e. The van der Waals surface area contributed by atoms with Crippen LogP contribution in [0.3, 0.4) is 0 Å². The molecule has 0 fully saturated rings. The second-order valence-corrected chi connectivity index (χ2v) is 1.63. The van der Waals surface area contributed by atoms with Crippen molar-refractivity contribution in [1.29, 1.82) is 0 Å². The highest BCUT2D eigenvalue weighted by molar-refractivity contribution is 5.35. The van der Waals surface area contributed by atoms with E-state index in [4.69, 9.17) is 13.6 Å². The van der Waals surface area contributed by atoms with E-state index in [1.807, 2.05) is 0 Å². The minimum Gasteiger partial charge on any atom is -0.391 e. The zero-order chi connectivity index (χ0) is 9.35. The van der Waals surface area contributed by atoms with Gasteiger partial charge in [-0.3, -0.25) is 4.98 Å². The second-order valence-electron chi connectivity index (χ2n) is 1.63. The Labute approximate surface area is 59.3 Å². The van der Waals surface area contributed by atoms with Crippen LogP contribution < -0.4 is 11.4 Å². The van der Waals surface area contributed by atoms with E-state index in [1.165, 1.54) is 0 Å². The van der Waals surface area contributed by atoms with Crippen molar-refractivity contribution >= 4 is 5.82 Å². The fourth-order valence-corrected chi connectivity index (χ4v) is 0.497. The quantitative estimate of drug-likeness (QED) is 0.434. The first-order valence-electron chi connectivity index (χ1n) is 3.49. The van der Waals surface area contributed by atoms with Crippen molar-refractivity contribution < 1.29 is 7.85 Å². The lowest BCUT2D eigenvalue weighted by molar-refractivity contribution is 0.281. The van der Waals surface area contributed by atoms with Gasteiger partial charge in [-0.25, -0.2) is 9.78 Å². The molecule has 0 aliphatic carbocycles. The number of aromatic nitrogens is 2. The average molecular weight is 144 g/mol. The van der Waals surface area contributed by atoms with Gasteiger partial charge < -0.3 is 10.8 Å². The van der Waals surface area contributed by atoms with Gasteiger partial charge in [0.05, 0.1) is 9.30 Å². The average Bonchev–Trinajstić information content (AvgIpc) is 1.83. The van der Waals surface area contributed by atoms with Crippen molar-refractivity contribution in [3.8, 4) is 0 Å². The minimum atomic E-state index is -2.58. The van der Waals surface area contributed by atoms with E-state index in [9.17, 15) is 4.79 Å². The highest BCUT2D eigenvalue weighted by atomic mass is 16.3. The molecule has 0 saturated carbocycles. The first kappa shape index (κ1) is 4.45. The van der Waals surface area contributed by atoms with Crippen molar-refractivity contribution in [3.05, 3.63) is 22.2 Å². The normalized spacial score (nSPS) is 14.1. The lowest BCUT2D eigenvalue weighted by Crippen LogP contribution is -2.13. The molecule has 1 aromatic rings. The van der Waals surface area contributed by atoms with Crippen molar-refractivity contribution in [2.75, 3.05) is 5.73 Å². The Balaban J connectivity index is 3.28. The summed E-state index contributed by atoms with van der Waals surface area (Å²) in [6, 6.07) is 0. The molecule has 1 rings (SSSR count). The Hall–Kier alpha value is -1.36. The van der Waals surface area contributed by atoms with Gasteiger partial charge in [0, 0.05) is 11.8 Å². The molecule has 1 aromatic heterocycles. The number of hydrogen-bond donors (Lipinski definition) is 3. The monoisotopic (exact) mass is 144 g/mol. The third-order valence-electron chi connectivity index (χ3n) is 0.963. The number of aromatic amines is 1. The number of nitrogens with one attached hydrogen (secondary N) is 1. The van der Waals surface area contributed by atoms with Crippen LogP contribution in [0.5, 0.6) is 0 Å². The first-order valence-corrected chi connectivity index (χ1v) is 2.49. The van der Waals surface area contributed by atoms with E-state index >= 15 is 0 Å². The zero-order valence-corrected chi connectivity index (χ0v) is 4.96. The van der Waals surface area contributed by atoms with Crippen LogP contribution in [0.15, 0.2) is 11.0 Å². The summed E-state index contributed by atoms with van der Waals surface area (Å²) >= 11 is 0. The van der Waals surface area contributed by atoms with Gasteiger partial charge in [-0.15, -0.1) is 0 Å². The van der Waals surface area contributed by atoms with E-state index in [0.29, 0.717) is 0 Å². The summed E-state index contributed by atoms with van der Waals surface area (Å²) in [5, 5.41) is 8.85. The maximum Gasteiger partial charge on any atom is 0.346 e. The number of aliphatic hydroxyl groups is 1. The summed E-state index contributed by atoms with van der Waals surface area (Å²) < 4.78 is 13.7. The molecule has 10 heavy (non-hydrogen) atoms. The van der Waals surface area contributed by atoms with Gasteiger partial charge in [-0.2, -0.15) is 0 Å². The molecule has 0 aliphatic heterocycles.